The molecule has 0 fully saturated rings. The van der Waals surface area contributed by atoms with Gasteiger partial charge in [0, 0.05) is 17.2 Å². The molecule has 5 nitrogen and oxygen atoms in total. The van der Waals surface area contributed by atoms with Crippen molar-refractivity contribution in [3.63, 3.8) is 0 Å². The quantitative estimate of drug-likeness (QED) is 0.0849. The number of methoxy groups -OCH3 is 1. The summed E-state index contributed by atoms with van der Waals surface area (Å²) in [5.74, 6) is 2.60. The fourth-order valence-electron chi connectivity index (χ4n) is 4.25. The van der Waals surface area contributed by atoms with Gasteiger partial charge in [0.05, 0.1) is 26.9 Å². The highest BCUT2D eigenvalue weighted by Crippen LogP contribution is 2.37. The summed E-state index contributed by atoms with van der Waals surface area (Å²) in [6.45, 7) is 8.50. The minimum atomic E-state index is -0.0924. The average molecular weight is 539 g/mol. The third-order valence-corrected chi connectivity index (χ3v) is 6.59. The molecule has 216 valence electrons. The lowest BCUT2D eigenvalue weighted by molar-refractivity contribution is 0.104. The van der Waals surface area contributed by atoms with Crippen LogP contribution in [0.4, 0.5) is 0 Å². The highest BCUT2D eigenvalue weighted by molar-refractivity contribution is 6.07. The molecule has 0 unspecified atom stereocenters. The molecule has 0 bridgehead atoms. The zero-order valence-corrected chi connectivity index (χ0v) is 24.8. The lowest BCUT2D eigenvalue weighted by atomic mass is 10.1. The first-order valence-corrected chi connectivity index (χ1v) is 15.1. The molecule has 0 radical (unpaired) electrons. The second kappa shape index (κ2) is 20.0. The van der Waals surface area contributed by atoms with Gasteiger partial charge in [-0.3, -0.25) is 4.79 Å². The van der Waals surface area contributed by atoms with Crippen LogP contribution in [0.5, 0.6) is 23.0 Å². The van der Waals surface area contributed by atoms with Gasteiger partial charge in [-0.15, -0.1) is 0 Å². The lowest BCUT2D eigenvalue weighted by Gasteiger charge is -2.16. The predicted molar refractivity (Wildman–Crippen MR) is 162 cm³/mol. The van der Waals surface area contributed by atoms with Gasteiger partial charge in [-0.05, 0) is 49.6 Å². The van der Waals surface area contributed by atoms with Crippen LogP contribution < -0.4 is 18.9 Å². The molecule has 2 aromatic carbocycles. The van der Waals surface area contributed by atoms with Crippen LogP contribution in [-0.4, -0.2) is 32.7 Å². The molecule has 0 saturated carbocycles. The van der Waals surface area contributed by atoms with Crippen molar-refractivity contribution in [2.24, 2.45) is 0 Å². The average Bonchev–Trinajstić information content (AvgIpc) is 2.96. The van der Waals surface area contributed by atoms with Gasteiger partial charge in [0.15, 0.2) is 17.3 Å². The second-order valence-electron chi connectivity index (χ2n) is 10.00. The number of unbranched alkanes of at least 4 members (excludes halogenated alkanes) is 9. The number of allylic oxidation sites excluding steroid dienone is 1. The molecule has 0 aliphatic rings. The van der Waals surface area contributed by atoms with Crippen molar-refractivity contribution in [1.82, 2.24) is 0 Å². The van der Waals surface area contributed by atoms with Crippen molar-refractivity contribution in [2.45, 2.75) is 97.8 Å². The van der Waals surface area contributed by atoms with E-state index in [-0.39, 0.29) is 5.78 Å². The Kier molecular flexibility index (Phi) is 16.6. The summed E-state index contributed by atoms with van der Waals surface area (Å²) in [5, 5.41) is 0. The van der Waals surface area contributed by atoms with Gasteiger partial charge in [-0.25, -0.2) is 0 Å². The van der Waals surface area contributed by atoms with Gasteiger partial charge in [-0.1, -0.05) is 90.7 Å². The molecule has 2 aromatic rings. The maximum absolute atomic E-state index is 13.1. The molecule has 0 heterocycles. The number of benzene rings is 2. The molecule has 0 amide bonds. The second-order valence-corrected chi connectivity index (χ2v) is 10.00. The number of hydrogen-bond donors (Lipinski definition) is 0. The van der Waals surface area contributed by atoms with Gasteiger partial charge in [0.1, 0.15) is 11.5 Å². The maximum Gasteiger partial charge on any atom is 0.185 e. The summed E-state index contributed by atoms with van der Waals surface area (Å²) < 4.78 is 23.8. The zero-order chi connectivity index (χ0) is 28.1. The summed E-state index contributed by atoms with van der Waals surface area (Å²) in [4.78, 5) is 13.1. The minimum absolute atomic E-state index is 0.0924. The van der Waals surface area contributed by atoms with Crippen molar-refractivity contribution in [3.8, 4) is 23.0 Å². The van der Waals surface area contributed by atoms with Crippen molar-refractivity contribution in [1.29, 1.82) is 0 Å². The molecule has 5 heteroatoms. The minimum Gasteiger partial charge on any atom is -0.494 e. The summed E-state index contributed by atoms with van der Waals surface area (Å²) in [7, 11) is 1.64. The topological polar surface area (TPSA) is 54.0 Å². The molecule has 0 spiro atoms. The number of ketones is 1. The Hall–Kier alpha value is -2.95. The lowest BCUT2D eigenvalue weighted by Crippen LogP contribution is -2.03. The van der Waals surface area contributed by atoms with E-state index in [1.165, 1.54) is 38.5 Å². The Bertz CT molecular complexity index is 982. The van der Waals surface area contributed by atoms with Gasteiger partial charge < -0.3 is 18.9 Å². The molecule has 2 rings (SSSR count). The van der Waals surface area contributed by atoms with E-state index < -0.39 is 0 Å². The standard InChI is InChI=1S/C34H50O5/c1-5-8-11-14-22-37-30-19-17-18-28(25-30)32(35)21-20-29-26-31(38-23-15-12-9-6-2)27-33(36-4)34(29)39-24-16-13-10-7-3/h17-21,25-27H,5-16,22-24H2,1-4H3/b21-20+. The molecule has 0 saturated heterocycles. The van der Waals surface area contributed by atoms with E-state index in [0.717, 1.165) is 49.8 Å². The molecular weight excluding hydrogens is 488 g/mol. The Morgan fingerprint density at radius 2 is 1.28 bits per heavy atom. The third kappa shape index (κ3) is 12.6. The molecule has 39 heavy (non-hydrogen) atoms. The molecule has 0 aromatic heterocycles. The summed E-state index contributed by atoms with van der Waals surface area (Å²) in [6.07, 6.45) is 17.0. The van der Waals surface area contributed by atoms with Crippen molar-refractivity contribution < 1.29 is 23.7 Å². The van der Waals surface area contributed by atoms with E-state index >= 15 is 0 Å². The van der Waals surface area contributed by atoms with Crippen LogP contribution in [0.2, 0.25) is 0 Å². The highest BCUT2D eigenvalue weighted by atomic mass is 16.5. The van der Waals surface area contributed by atoms with Crippen LogP contribution in [0.15, 0.2) is 42.5 Å². The van der Waals surface area contributed by atoms with Gasteiger partial charge in [0.2, 0.25) is 0 Å². The van der Waals surface area contributed by atoms with E-state index in [4.69, 9.17) is 18.9 Å². The van der Waals surface area contributed by atoms with Crippen molar-refractivity contribution in [2.75, 3.05) is 26.9 Å². The Labute approximate surface area is 236 Å². The Morgan fingerprint density at radius 1 is 0.692 bits per heavy atom. The molecule has 0 N–H and O–H groups in total. The van der Waals surface area contributed by atoms with Gasteiger partial charge in [-0.2, -0.15) is 0 Å². The van der Waals surface area contributed by atoms with Crippen LogP contribution in [0, 0.1) is 0 Å². The Morgan fingerprint density at radius 3 is 1.87 bits per heavy atom. The number of rotatable bonds is 22. The van der Waals surface area contributed by atoms with Crippen molar-refractivity contribution >= 4 is 11.9 Å². The third-order valence-electron chi connectivity index (χ3n) is 6.59. The predicted octanol–water partition coefficient (Wildman–Crippen LogP) is 9.47. The van der Waals surface area contributed by atoms with Gasteiger partial charge in [0.25, 0.3) is 0 Å². The molecule has 0 atom stereocenters. The number of carbonyl (C=O) groups excluding carboxylic acids is 1. The van der Waals surface area contributed by atoms with E-state index in [1.807, 2.05) is 36.4 Å². The number of carbonyl (C=O) groups is 1. The smallest absolute Gasteiger partial charge is 0.185 e. The van der Waals surface area contributed by atoms with Crippen LogP contribution in [0.25, 0.3) is 6.08 Å². The zero-order valence-electron chi connectivity index (χ0n) is 24.8. The number of ether oxygens (including phenoxy) is 4. The highest BCUT2D eigenvalue weighted by Gasteiger charge is 2.14. The van der Waals surface area contributed by atoms with Crippen LogP contribution in [-0.2, 0) is 0 Å². The Balaban J connectivity index is 2.17. The first-order valence-electron chi connectivity index (χ1n) is 15.1. The first-order chi connectivity index (χ1) is 19.1. The number of hydrogen-bond acceptors (Lipinski definition) is 5. The summed E-state index contributed by atoms with van der Waals surface area (Å²) >= 11 is 0. The van der Waals surface area contributed by atoms with E-state index in [0.29, 0.717) is 42.6 Å². The fourth-order valence-corrected chi connectivity index (χ4v) is 4.25. The summed E-state index contributed by atoms with van der Waals surface area (Å²) in [6, 6.07) is 11.2. The van der Waals surface area contributed by atoms with Crippen molar-refractivity contribution in [3.05, 3.63) is 53.6 Å². The van der Waals surface area contributed by atoms with Crippen LogP contribution in [0.3, 0.4) is 0 Å². The normalized spacial score (nSPS) is 11.1. The SMILES string of the molecule is CCCCCCOc1cccc(C(=O)/C=C/c2cc(OCCCCCC)cc(OC)c2OCCCCCC)c1. The fraction of sp³-hybridized carbons (Fsp3) is 0.559. The largest absolute Gasteiger partial charge is 0.494 e. The van der Waals surface area contributed by atoms with E-state index in [2.05, 4.69) is 20.8 Å². The van der Waals surface area contributed by atoms with Crippen LogP contribution >= 0.6 is 0 Å². The molecule has 0 aliphatic carbocycles. The first kappa shape index (κ1) is 32.3. The molecule has 0 aliphatic heterocycles. The maximum atomic E-state index is 13.1. The van der Waals surface area contributed by atoms with E-state index in [9.17, 15) is 4.79 Å². The van der Waals surface area contributed by atoms with Crippen LogP contribution in [0.1, 0.15) is 114 Å². The van der Waals surface area contributed by atoms with Gasteiger partial charge >= 0.3 is 0 Å². The summed E-state index contributed by atoms with van der Waals surface area (Å²) in [5.41, 5.74) is 1.36. The van der Waals surface area contributed by atoms with E-state index in [1.54, 1.807) is 19.3 Å². The monoisotopic (exact) mass is 538 g/mol. The molecular formula is C34H50O5.